The standard InChI is InChI=1S/C6H8Cl4N2O2/c7-3(8)1-11-5(13)6(14)12-2-4(9)10/h3-4H,1-2H2,(H,11,13)(H,12,14). The summed E-state index contributed by atoms with van der Waals surface area (Å²) in [4.78, 5) is 20.4. The third-order valence-electron chi connectivity index (χ3n) is 1.04. The summed E-state index contributed by atoms with van der Waals surface area (Å²) in [6.07, 6.45) is 0. The lowest BCUT2D eigenvalue weighted by molar-refractivity contribution is -0.139. The van der Waals surface area contributed by atoms with Crippen LogP contribution in [0, 0.1) is 0 Å². The number of rotatable bonds is 4. The van der Waals surface area contributed by atoms with Crippen LogP contribution in [0.2, 0.25) is 0 Å². The van der Waals surface area contributed by atoms with Gasteiger partial charge >= 0.3 is 11.8 Å². The molecule has 0 radical (unpaired) electrons. The molecule has 0 saturated carbocycles. The number of hydrogen-bond acceptors (Lipinski definition) is 2. The van der Waals surface area contributed by atoms with Crippen molar-refractivity contribution in [3.05, 3.63) is 0 Å². The number of carbonyl (C=O) groups excluding carboxylic acids is 2. The van der Waals surface area contributed by atoms with E-state index in [2.05, 4.69) is 10.6 Å². The van der Waals surface area contributed by atoms with Crippen LogP contribution in [0.1, 0.15) is 0 Å². The van der Waals surface area contributed by atoms with Gasteiger partial charge in [-0.3, -0.25) is 9.59 Å². The molecule has 0 aliphatic rings. The smallest absolute Gasteiger partial charge is 0.309 e. The van der Waals surface area contributed by atoms with E-state index in [0.717, 1.165) is 0 Å². The summed E-state index contributed by atoms with van der Waals surface area (Å²) in [5, 5.41) is 4.41. The molecule has 0 heterocycles. The van der Waals surface area contributed by atoms with Crippen LogP contribution in [0.5, 0.6) is 0 Å². The van der Waals surface area contributed by atoms with Crippen LogP contribution in [0.4, 0.5) is 0 Å². The molecule has 14 heavy (non-hydrogen) atoms. The lowest BCUT2D eigenvalue weighted by Crippen LogP contribution is -2.42. The second-order valence-corrected chi connectivity index (χ2v) is 4.76. The van der Waals surface area contributed by atoms with Crippen molar-refractivity contribution in [2.45, 2.75) is 9.67 Å². The molecule has 0 fully saturated rings. The first-order valence-electron chi connectivity index (χ1n) is 3.55. The highest BCUT2D eigenvalue weighted by Crippen LogP contribution is 1.98. The third kappa shape index (κ3) is 7.50. The zero-order valence-corrected chi connectivity index (χ0v) is 9.92. The summed E-state index contributed by atoms with van der Waals surface area (Å²) in [6, 6.07) is 0. The van der Waals surface area contributed by atoms with Crippen LogP contribution in [0.15, 0.2) is 0 Å². The highest BCUT2D eigenvalue weighted by molar-refractivity contribution is 6.45. The van der Waals surface area contributed by atoms with E-state index in [-0.39, 0.29) is 13.1 Å². The molecule has 0 saturated heterocycles. The maximum atomic E-state index is 10.9. The van der Waals surface area contributed by atoms with Crippen LogP contribution in [0.25, 0.3) is 0 Å². The molecular weight excluding hydrogens is 274 g/mol. The number of alkyl halides is 4. The predicted octanol–water partition coefficient (Wildman–Crippen LogP) is 0.826. The van der Waals surface area contributed by atoms with Crippen molar-refractivity contribution in [3.63, 3.8) is 0 Å². The Hall–Kier alpha value is 0.1000. The third-order valence-corrected chi connectivity index (χ3v) is 1.66. The first kappa shape index (κ1) is 14.1. The fourth-order valence-electron chi connectivity index (χ4n) is 0.500. The van der Waals surface area contributed by atoms with Crippen molar-refractivity contribution < 1.29 is 9.59 Å². The minimum Gasteiger partial charge on any atom is -0.345 e. The summed E-state index contributed by atoms with van der Waals surface area (Å²) in [5.74, 6) is -1.66. The summed E-state index contributed by atoms with van der Waals surface area (Å²) >= 11 is 21.3. The van der Waals surface area contributed by atoms with Gasteiger partial charge in [0.2, 0.25) is 0 Å². The van der Waals surface area contributed by atoms with Gasteiger partial charge < -0.3 is 10.6 Å². The lowest BCUT2D eigenvalue weighted by Gasteiger charge is -2.06. The van der Waals surface area contributed by atoms with Gasteiger partial charge in [-0.25, -0.2) is 0 Å². The molecule has 0 aliphatic heterocycles. The average molecular weight is 282 g/mol. The fraction of sp³-hybridized carbons (Fsp3) is 0.667. The molecule has 0 atom stereocenters. The van der Waals surface area contributed by atoms with Gasteiger partial charge in [-0.15, -0.1) is 46.4 Å². The van der Waals surface area contributed by atoms with Crippen LogP contribution >= 0.6 is 46.4 Å². The summed E-state index contributed by atoms with van der Waals surface area (Å²) < 4.78 is 0. The van der Waals surface area contributed by atoms with E-state index < -0.39 is 21.5 Å². The molecule has 0 spiro atoms. The van der Waals surface area contributed by atoms with Crippen LogP contribution in [-0.2, 0) is 9.59 Å². The van der Waals surface area contributed by atoms with Crippen molar-refractivity contribution in [1.29, 1.82) is 0 Å². The van der Waals surface area contributed by atoms with E-state index in [1.165, 1.54) is 0 Å². The Balaban J connectivity index is 3.71. The second kappa shape index (κ2) is 7.40. The summed E-state index contributed by atoms with van der Waals surface area (Å²) in [7, 11) is 0. The van der Waals surface area contributed by atoms with E-state index >= 15 is 0 Å². The van der Waals surface area contributed by atoms with Gasteiger partial charge in [-0.2, -0.15) is 0 Å². The lowest BCUT2D eigenvalue weighted by atomic mass is 10.5. The molecule has 0 aromatic heterocycles. The largest absolute Gasteiger partial charge is 0.345 e. The SMILES string of the molecule is O=C(NCC(Cl)Cl)C(=O)NCC(Cl)Cl. The Morgan fingerprint density at radius 3 is 1.36 bits per heavy atom. The quantitative estimate of drug-likeness (QED) is 0.592. The molecule has 0 rings (SSSR count). The van der Waals surface area contributed by atoms with E-state index in [1.807, 2.05) is 0 Å². The topological polar surface area (TPSA) is 58.2 Å². The molecule has 8 heteroatoms. The Labute approximate surface area is 101 Å². The summed E-state index contributed by atoms with van der Waals surface area (Å²) in [6.45, 7) is 0.00108. The number of carbonyl (C=O) groups is 2. The van der Waals surface area contributed by atoms with Gasteiger partial charge in [0.1, 0.15) is 9.67 Å². The second-order valence-electron chi connectivity index (χ2n) is 2.20. The highest BCUT2D eigenvalue weighted by atomic mass is 35.5. The molecule has 0 bridgehead atoms. The molecular formula is C6H8Cl4N2O2. The van der Waals surface area contributed by atoms with Crippen molar-refractivity contribution in [2.24, 2.45) is 0 Å². The zero-order valence-electron chi connectivity index (χ0n) is 6.90. The molecule has 0 aliphatic carbocycles. The van der Waals surface area contributed by atoms with E-state index in [1.54, 1.807) is 0 Å². The van der Waals surface area contributed by atoms with Gasteiger partial charge in [0.05, 0.1) is 0 Å². The van der Waals surface area contributed by atoms with Crippen molar-refractivity contribution in [2.75, 3.05) is 13.1 Å². The van der Waals surface area contributed by atoms with Crippen molar-refractivity contribution in [3.8, 4) is 0 Å². The molecule has 0 aromatic carbocycles. The van der Waals surface area contributed by atoms with Gasteiger partial charge in [0.15, 0.2) is 0 Å². The Morgan fingerprint density at radius 1 is 0.857 bits per heavy atom. The maximum absolute atomic E-state index is 10.9. The zero-order chi connectivity index (χ0) is 11.1. The monoisotopic (exact) mass is 280 g/mol. The van der Waals surface area contributed by atoms with E-state index in [0.29, 0.717) is 0 Å². The normalized spacial score (nSPS) is 10.4. The average Bonchev–Trinajstić information content (AvgIpc) is 2.09. The number of hydrogen-bond donors (Lipinski definition) is 2. The Morgan fingerprint density at radius 2 is 1.14 bits per heavy atom. The Kier molecular flexibility index (Phi) is 7.45. The molecule has 0 aromatic rings. The van der Waals surface area contributed by atoms with Crippen LogP contribution in [-0.4, -0.2) is 34.6 Å². The van der Waals surface area contributed by atoms with Crippen LogP contribution in [0.3, 0.4) is 0 Å². The van der Waals surface area contributed by atoms with Crippen molar-refractivity contribution in [1.82, 2.24) is 10.6 Å². The number of halogens is 4. The van der Waals surface area contributed by atoms with Crippen LogP contribution < -0.4 is 10.6 Å². The van der Waals surface area contributed by atoms with Gasteiger partial charge in [-0.1, -0.05) is 0 Å². The van der Waals surface area contributed by atoms with Crippen molar-refractivity contribution >= 4 is 58.2 Å². The van der Waals surface area contributed by atoms with E-state index in [9.17, 15) is 9.59 Å². The maximum Gasteiger partial charge on any atom is 0.309 e. The number of amides is 2. The summed E-state index contributed by atoms with van der Waals surface area (Å²) in [5.41, 5.74) is 0. The molecule has 82 valence electrons. The first-order chi connectivity index (χ1) is 6.43. The first-order valence-corrected chi connectivity index (χ1v) is 5.30. The minimum absolute atomic E-state index is 0.000539. The fourth-order valence-corrected chi connectivity index (χ4v) is 0.809. The Bertz CT molecular complexity index is 188. The van der Waals surface area contributed by atoms with Gasteiger partial charge in [-0.05, 0) is 0 Å². The van der Waals surface area contributed by atoms with Gasteiger partial charge in [0.25, 0.3) is 0 Å². The van der Waals surface area contributed by atoms with Gasteiger partial charge in [0, 0.05) is 13.1 Å². The molecule has 2 N–H and O–H groups in total. The number of nitrogens with one attached hydrogen (secondary N) is 2. The highest BCUT2D eigenvalue weighted by Gasteiger charge is 2.14. The minimum atomic E-state index is -0.828. The van der Waals surface area contributed by atoms with E-state index in [4.69, 9.17) is 46.4 Å². The molecule has 0 unspecified atom stereocenters. The predicted molar refractivity (Wildman–Crippen MR) is 57.0 cm³/mol. The molecule has 4 nitrogen and oxygen atoms in total. The molecule has 2 amide bonds.